The van der Waals surface area contributed by atoms with Crippen LogP contribution in [0.1, 0.15) is 31.8 Å². The second kappa shape index (κ2) is 9.03. The third-order valence-corrected chi connectivity index (χ3v) is 3.27. The highest BCUT2D eigenvalue weighted by atomic mass is 16.7. The summed E-state index contributed by atoms with van der Waals surface area (Å²) < 4.78 is 9.83. The molecule has 2 rings (SSSR count). The molecule has 2 aromatic heterocycles. The molecule has 0 fully saturated rings. The minimum absolute atomic E-state index is 0.0780. The molecule has 0 aliphatic rings. The maximum absolute atomic E-state index is 11.7. The molecule has 0 radical (unpaired) electrons. The van der Waals surface area contributed by atoms with Crippen molar-refractivity contribution in [1.29, 1.82) is 0 Å². The monoisotopic (exact) mass is 406 g/mol. The quantitative estimate of drug-likeness (QED) is 0.284. The van der Waals surface area contributed by atoms with Crippen LogP contribution >= 0.6 is 0 Å². The van der Waals surface area contributed by atoms with Crippen molar-refractivity contribution in [2.75, 3.05) is 0 Å². The summed E-state index contributed by atoms with van der Waals surface area (Å²) in [5.74, 6) is -2.34. The Labute approximate surface area is 161 Å². The Morgan fingerprint density at radius 2 is 1.24 bits per heavy atom. The fourth-order valence-corrected chi connectivity index (χ4v) is 1.87. The van der Waals surface area contributed by atoms with Crippen molar-refractivity contribution in [3.63, 3.8) is 0 Å². The van der Waals surface area contributed by atoms with Crippen molar-refractivity contribution in [3.05, 3.63) is 56.0 Å². The molecule has 0 bridgehead atoms. The number of carbonyl (C=O) groups excluding carboxylic acids is 2. The van der Waals surface area contributed by atoms with Crippen LogP contribution in [0, 0.1) is 20.2 Å². The van der Waals surface area contributed by atoms with Crippen LogP contribution in [0.25, 0.3) is 0 Å². The van der Waals surface area contributed by atoms with Gasteiger partial charge in [0, 0.05) is 0 Å². The molecule has 152 valence electrons. The van der Waals surface area contributed by atoms with E-state index >= 15 is 0 Å². The lowest BCUT2D eigenvalue weighted by molar-refractivity contribution is -0.402. The van der Waals surface area contributed by atoms with Crippen LogP contribution in [0.4, 0.5) is 11.8 Å². The Bertz CT molecular complexity index is 937. The number of rotatable bonds is 8. The van der Waals surface area contributed by atoms with Gasteiger partial charge in [0.2, 0.25) is 11.8 Å². The second-order valence-electron chi connectivity index (χ2n) is 5.43. The molecule has 0 aliphatic heterocycles. The Kier molecular flexibility index (Phi) is 6.52. The smallest absolute Gasteiger partial charge is 0.399 e. The second-order valence-corrected chi connectivity index (χ2v) is 5.43. The summed E-state index contributed by atoms with van der Waals surface area (Å²) in [6, 6.07) is 4.90. The van der Waals surface area contributed by atoms with Crippen LogP contribution in [0.3, 0.4) is 0 Å². The first-order chi connectivity index (χ1) is 13.7. The zero-order valence-electron chi connectivity index (χ0n) is 15.1. The van der Waals surface area contributed by atoms with Gasteiger partial charge < -0.3 is 8.83 Å². The molecule has 14 nitrogen and oxygen atoms in total. The van der Waals surface area contributed by atoms with E-state index in [9.17, 15) is 29.8 Å². The molecule has 0 aromatic carbocycles. The number of amides is 2. The summed E-state index contributed by atoms with van der Waals surface area (Å²) in [6.07, 6.45) is -0.621. The SMILES string of the molecule is C/C(=N/NC(=O)CC(=O)N/N=C(/C)c1ccc([N+](=O)[O-])o1)c1ccc([N+](=O)[O-])o1. The van der Waals surface area contributed by atoms with E-state index in [1.54, 1.807) is 0 Å². The number of hydrogen-bond donors (Lipinski definition) is 2. The maximum Gasteiger partial charge on any atom is 0.433 e. The Balaban J connectivity index is 1.86. The molecule has 0 saturated carbocycles. The maximum atomic E-state index is 11.7. The van der Waals surface area contributed by atoms with Gasteiger partial charge in [-0.15, -0.1) is 0 Å². The molecule has 2 amide bonds. The minimum Gasteiger partial charge on any atom is -0.399 e. The number of nitro groups is 2. The summed E-state index contributed by atoms with van der Waals surface area (Å²) in [5.41, 5.74) is 4.51. The molecule has 2 aromatic rings. The first-order valence-corrected chi connectivity index (χ1v) is 7.83. The topological polar surface area (TPSA) is 195 Å². The van der Waals surface area contributed by atoms with Gasteiger partial charge in [0.1, 0.15) is 27.7 Å². The molecule has 0 aliphatic carbocycles. The van der Waals surface area contributed by atoms with Gasteiger partial charge in [0.15, 0.2) is 11.5 Å². The van der Waals surface area contributed by atoms with Gasteiger partial charge in [-0.2, -0.15) is 10.2 Å². The number of carbonyl (C=O) groups is 2. The summed E-state index contributed by atoms with van der Waals surface area (Å²) in [5, 5.41) is 28.5. The molecular formula is C15H14N6O8. The van der Waals surface area contributed by atoms with Gasteiger partial charge in [-0.3, -0.25) is 29.8 Å². The average Bonchev–Trinajstić information content (AvgIpc) is 3.33. The lowest BCUT2D eigenvalue weighted by Gasteiger charge is -2.01. The van der Waals surface area contributed by atoms with E-state index in [1.807, 2.05) is 0 Å². The number of nitrogens with zero attached hydrogens (tertiary/aromatic N) is 4. The predicted octanol–water partition coefficient (Wildman–Crippen LogP) is 1.46. The fourth-order valence-electron chi connectivity index (χ4n) is 1.87. The largest absolute Gasteiger partial charge is 0.433 e. The molecule has 0 saturated heterocycles. The van der Waals surface area contributed by atoms with Crippen molar-refractivity contribution < 1.29 is 28.3 Å². The van der Waals surface area contributed by atoms with Crippen LogP contribution in [0.5, 0.6) is 0 Å². The Morgan fingerprint density at radius 1 is 0.862 bits per heavy atom. The zero-order valence-corrected chi connectivity index (χ0v) is 15.1. The Morgan fingerprint density at radius 3 is 1.55 bits per heavy atom. The summed E-state index contributed by atoms with van der Waals surface area (Å²) in [6.45, 7) is 2.89. The highest BCUT2D eigenvalue weighted by Gasteiger charge is 2.15. The molecule has 14 heteroatoms. The standard InChI is InChI=1S/C15H14N6O8/c1-8(10-3-5-14(28-10)20(24)25)16-18-12(22)7-13(23)19-17-9(2)11-4-6-15(29-11)21(26)27/h3-6H,7H2,1-2H3,(H,18,22)(H,19,23)/b16-8-,17-9-. The van der Waals surface area contributed by atoms with Gasteiger partial charge >= 0.3 is 11.8 Å². The lowest BCUT2D eigenvalue weighted by Crippen LogP contribution is -2.28. The minimum atomic E-state index is -0.774. The van der Waals surface area contributed by atoms with Crippen LogP contribution in [-0.2, 0) is 9.59 Å². The van der Waals surface area contributed by atoms with Gasteiger partial charge in [-0.25, -0.2) is 10.9 Å². The van der Waals surface area contributed by atoms with Crippen LogP contribution < -0.4 is 10.9 Å². The number of hydrogen-bond acceptors (Lipinski definition) is 10. The van der Waals surface area contributed by atoms with Crippen molar-refractivity contribution in [2.24, 2.45) is 10.2 Å². The van der Waals surface area contributed by atoms with Crippen LogP contribution in [0.15, 0.2) is 43.3 Å². The highest BCUT2D eigenvalue weighted by Crippen LogP contribution is 2.16. The number of furan rings is 2. The number of hydrazone groups is 2. The van der Waals surface area contributed by atoms with E-state index in [0.717, 1.165) is 12.1 Å². The average molecular weight is 406 g/mol. The molecule has 2 N–H and O–H groups in total. The van der Waals surface area contributed by atoms with E-state index in [1.165, 1.54) is 26.0 Å². The first kappa shape index (κ1) is 20.9. The van der Waals surface area contributed by atoms with E-state index in [4.69, 9.17) is 8.83 Å². The van der Waals surface area contributed by atoms with Crippen molar-refractivity contribution in [1.82, 2.24) is 10.9 Å². The molecule has 0 atom stereocenters. The summed E-state index contributed by atoms with van der Waals surface area (Å²) in [4.78, 5) is 43.2. The van der Waals surface area contributed by atoms with E-state index < -0.39 is 39.9 Å². The van der Waals surface area contributed by atoms with Gasteiger partial charge in [0.05, 0.1) is 12.1 Å². The third-order valence-electron chi connectivity index (χ3n) is 3.27. The first-order valence-electron chi connectivity index (χ1n) is 7.83. The van der Waals surface area contributed by atoms with Gasteiger partial charge in [-0.05, 0) is 26.0 Å². The molecule has 29 heavy (non-hydrogen) atoms. The molecule has 2 heterocycles. The zero-order chi connectivity index (χ0) is 21.6. The molecule has 0 spiro atoms. The number of nitrogens with one attached hydrogen (secondary N) is 2. The van der Waals surface area contributed by atoms with Crippen molar-refractivity contribution in [2.45, 2.75) is 20.3 Å². The lowest BCUT2D eigenvalue weighted by atomic mass is 10.3. The van der Waals surface area contributed by atoms with E-state index in [-0.39, 0.29) is 22.9 Å². The van der Waals surface area contributed by atoms with Crippen LogP contribution in [0.2, 0.25) is 0 Å². The summed E-state index contributed by atoms with van der Waals surface area (Å²) >= 11 is 0. The normalized spacial score (nSPS) is 11.8. The molecular weight excluding hydrogens is 392 g/mol. The van der Waals surface area contributed by atoms with Crippen molar-refractivity contribution >= 4 is 35.0 Å². The predicted molar refractivity (Wildman–Crippen MR) is 96.0 cm³/mol. The third kappa shape index (κ3) is 5.81. The Hall–Kier alpha value is -4.36. The summed E-state index contributed by atoms with van der Waals surface area (Å²) in [7, 11) is 0. The molecule has 0 unspecified atom stereocenters. The van der Waals surface area contributed by atoms with E-state index in [2.05, 4.69) is 21.1 Å². The van der Waals surface area contributed by atoms with Gasteiger partial charge in [-0.1, -0.05) is 0 Å². The van der Waals surface area contributed by atoms with Crippen molar-refractivity contribution in [3.8, 4) is 0 Å². The van der Waals surface area contributed by atoms with Gasteiger partial charge in [0.25, 0.3) is 0 Å². The highest BCUT2D eigenvalue weighted by molar-refractivity contribution is 6.01. The van der Waals surface area contributed by atoms with Crippen LogP contribution in [-0.4, -0.2) is 33.1 Å². The van der Waals surface area contributed by atoms with E-state index in [0.29, 0.717) is 0 Å². The fraction of sp³-hybridized carbons (Fsp3) is 0.200.